The summed E-state index contributed by atoms with van der Waals surface area (Å²) in [4.78, 5) is 38.3. The van der Waals surface area contributed by atoms with E-state index in [1.165, 1.54) is 23.8 Å². The van der Waals surface area contributed by atoms with Crippen molar-refractivity contribution >= 4 is 43.6 Å². The van der Waals surface area contributed by atoms with Crippen molar-refractivity contribution in [2.24, 2.45) is 0 Å². The van der Waals surface area contributed by atoms with Gasteiger partial charge in [-0.2, -0.15) is 13.5 Å². The van der Waals surface area contributed by atoms with E-state index in [0.717, 1.165) is 62.7 Å². The molecule has 0 heterocycles. The van der Waals surface area contributed by atoms with Gasteiger partial charge < -0.3 is 13.7 Å². The highest BCUT2D eigenvalue weighted by Gasteiger charge is 2.27. The standard InChI is InChI=1S/C33H46N2O6S.H2S/c1-8-9-11-17-27-22-30(39-25(5)36)29(21-20-24(4)16-14-15-23(2)3)32(40-26(6)37)31(27)33(38)34-35(7)42-41-28-18-12-10-13-19-28;/h12,15,18-20,22H,8-11,13-14,16-17,21H2,1-7H3,(H,34,38);1H2/b24-20+;. The van der Waals surface area contributed by atoms with E-state index in [2.05, 4.69) is 32.3 Å². The molecule has 238 valence electrons. The van der Waals surface area contributed by atoms with Crippen molar-refractivity contribution in [2.45, 2.75) is 99.3 Å². The quantitative estimate of drug-likeness (QED) is 0.0373. The number of esters is 2. The molecule has 1 aliphatic carbocycles. The van der Waals surface area contributed by atoms with Gasteiger partial charge >= 0.3 is 11.9 Å². The molecule has 0 aromatic heterocycles. The fraction of sp³-hybridized carbons (Fsp3) is 0.485. The molecule has 1 aromatic carbocycles. The first kappa shape index (κ1) is 38.1. The highest BCUT2D eigenvalue weighted by molar-refractivity contribution is 7.92. The van der Waals surface area contributed by atoms with Crippen LogP contribution >= 0.6 is 25.7 Å². The predicted molar refractivity (Wildman–Crippen MR) is 179 cm³/mol. The van der Waals surface area contributed by atoms with Crippen LogP contribution in [0, 0.1) is 0 Å². The maximum atomic E-state index is 13.8. The number of nitrogens with one attached hydrogen (secondary N) is 1. The fourth-order valence-electron chi connectivity index (χ4n) is 4.37. The second kappa shape index (κ2) is 20.1. The Kier molecular flexibility index (Phi) is 17.8. The Morgan fingerprint density at radius 1 is 1.02 bits per heavy atom. The number of hydrazine groups is 1. The largest absolute Gasteiger partial charge is 0.426 e. The second-order valence-electron chi connectivity index (χ2n) is 10.6. The van der Waals surface area contributed by atoms with E-state index in [4.69, 9.17) is 13.7 Å². The summed E-state index contributed by atoms with van der Waals surface area (Å²) < 4.78 is 18.6. The molecule has 0 bridgehead atoms. The van der Waals surface area contributed by atoms with Crippen molar-refractivity contribution in [1.82, 2.24) is 9.84 Å². The Morgan fingerprint density at radius 2 is 1.74 bits per heavy atom. The van der Waals surface area contributed by atoms with Crippen LogP contribution in [0.1, 0.15) is 108 Å². The zero-order valence-electron chi connectivity index (χ0n) is 26.6. The van der Waals surface area contributed by atoms with Gasteiger partial charge in [0.2, 0.25) is 0 Å². The Balaban J connectivity index is 0.00000924. The number of carbonyl (C=O) groups excluding carboxylic acids is 3. The van der Waals surface area contributed by atoms with Gasteiger partial charge in [-0.05, 0) is 89.5 Å². The molecule has 0 aliphatic heterocycles. The van der Waals surface area contributed by atoms with E-state index in [0.29, 0.717) is 29.7 Å². The Morgan fingerprint density at radius 3 is 2.35 bits per heavy atom. The lowest BCUT2D eigenvalue weighted by Crippen LogP contribution is -2.36. The lowest BCUT2D eigenvalue weighted by Gasteiger charge is -2.22. The summed E-state index contributed by atoms with van der Waals surface area (Å²) in [5.41, 5.74) is 6.57. The van der Waals surface area contributed by atoms with Crippen LogP contribution in [-0.2, 0) is 26.6 Å². The maximum Gasteiger partial charge on any atom is 0.308 e. The minimum Gasteiger partial charge on any atom is -0.426 e. The van der Waals surface area contributed by atoms with Gasteiger partial charge in [0.1, 0.15) is 11.5 Å². The summed E-state index contributed by atoms with van der Waals surface area (Å²) >= 11 is 0.983. The van der Waals surface area contributed by atoms with Crippen molar-refractivity contribution in [1.29, 1.82) is 0 Å². The van der Waals surface area contributed by atoms with Crippen LogP contribution in [0.15, 0.2) is 53.4 Å². The highest BCUT2D eigenvalue weighted by Crippen LogP contribution is 2.38. The fourth-order valence-corrected chi connectivity index (χ4v) is 4.81. The first-order chi connectivity index (χ1) is 20.0. The van der Waals surface area contributed by atoms with Crippen LogP contribution < -0.4 is 14.9 Å². The zero-order valence-corrected chi connectivity index (χ0v) is 28.4. The molecule has 8 nitrogen and oxygen atoms in total. The molecule has 10 heteroatoms. The van der Waals surface area contributed by atoms with E-state index < -0.39 is 17.8 Å². The molecule has 0 spiro atoms. The number of allylic oxidation sites excluding steroid dienone is 7. The number of hydrogen-bond acceptors (Lipinski definition) is 8. The molecule has 1 amide bonds. The number of amides is 1. The van der Waals surface area contributed by atoms with Crippen LogP contribution in [0.2, 0.25) is 0 Å². The number of unbranched alkanes of at least 4 members (excludes halogenated alkanes) is 2. The zero-order chi connectivity index (χ0) is 31.1. The van der Waals surface area contributed by atoms with Gasteiger partial charge in [-0.3, -0.25) is 19.8 Å². The van der Waals surface area contributed by atoms with Gasteiger partial charge in [-0.25, -0.2) is 0 Å². The number of hydrogen-bond donors (Lipinski definition) is 1. The minimum absolute atomic E-state index is 0. The lowest BCUT2D eigenvalue weighted by atomic mass is 9.94. The molecule has 0 atom stereocenters. The van der Waals surface area contributed by atoms with Crippen LogP contribution in [0.3, 0.4) is 0 Å². The molecule has 1 aliphatic rings. The molecule has 0 fully saturated rings. The summed E-state index contributed by atoms with van der Waals surface area (Å²) in [6.07, 6.45) is 17.4. The minimum atomic E-state index is -0.573. The van der Waals surface area contributed by atoms with E-state index in [9.17, 15) is 14.4 Å². The van der Waals surface area contributed by atoms with E-state index in [-0.39, 0.29) is 30.6 Å². The summed E-state index contributed by atoms with van der Waals surface area (Å²) in [5, 5.41) is 0. The van der Waals surface area contributed by atoms with Gasteiger partial charge in [0.05, 0.1) is 5.56 Å². The summed E-state index contributed by atoms with van der Waals surface area (Å²) in [6.45, 7) is 10.9. The Hall–Kier alpha value is -2.95. The number of benzene rings is 1. The SMILES string of the molecule is CCCCCc1cc(OC(C)=O)c(C/C=C(\C)CCC=C(C)C)c(OC(C)=O)c1C(=O)NN(C)SOC1=CCCC=C1.S. The number of ether oxygens (including phenoxy) is 2. The monoisotopic (exact) mass is 632 g/mol. The van der Waals surface area contributed by atoms with Gasteiger partial charge in [-0.1, -0.05) is 49.1 Å². The number of nitrogens with zero attached hydrogens (tertiary/aromatic N) is 1. The molecule has 0 saturated heterocycles. The van der Waals surface area contributed by atoms with Crippen LogP contribution in [0.5, 0.6) is 11.5 Å². The van der Waals surface area contributed by atoms with Gasteiger partial charge in [0, 0.05) is 26.5 Å². The third-order valence-corrected chi connectivity index (χ3v) is 6.99. The van der Waals surface area contributed by atoms with Crippen LogP contribution in [-0.4, -0.2) is 29.3 Å². The van der Waals surface area contributed by atoms with Gasteiger partial charge in [-0.15, -0.1) is 4.41 Å². The second-order valence-corrected chi connectivity index (χ2v) is 11.5. The summed E-state index contributed by atoms with van der Waals surface area (Å²) in [5.74, 6) is -0.410. The summed E-state index contributed by atoms with van der Waals surface area (Å²) in [7, 11) is 1.67. The predicted octanol–water partition coefficient (Wildman–Crippen LogP) is 8.01. The van der Waals surface area contributed by atoms with Crippen molar-refractivity contribution in [3.8, 4) is 11.5 Å². The first-order valence-corrected chi connectivity index (χ1v) is 15.3. The van der Waals surface area contributed by atoms with Crippen molar-refractivity contribution in [3.63, 3.8) is 0 Å². The highest BCUT2D eigenvalue weighted by atomic mass is 32.2. The molecule has 0 radical (unpaired) electrons. The number of aryl methyl sites for hydroxylation is 1. The van der Waals surface area contributed by atoms with E-state index in [1.807, 2.05) is 31.2 Å². The average Bonchev–Trinajstić information content (AvgIpc) is 2.91. The molecule has 2 rings (SSSR count). The molecule has 1 N–H and O–H groups in total. The smallest absolute Gasteiger partial charge is 0.308 e. The maximum absolute atomic E-state index is 13.8. The topological polar surface area (TPSA) is 94.2 Å². The van der Waals surface area contributed by atoms with Crippen molar-refractivity contribution < 1.29 is 28.0 Å². The normalized spacial score (nSPS) is 12.7. The molecule has 0 unspecified atom stereocenters. The Bertz CT molecular complexity index is 1230. The molecular weight excluding hydrogens is 585 g/mol. The molecular formula is C33H48N2O6S2. The third kappa shape index (κ3) is 13.9. The molecule has 0 saturated carbocycles. The number of carbonyl (C=O) groups is 3. The van der Waals surface area contributed by atoms with E-state index >= 15 is 0 Å². The Labute approximate surface area is 268 Å². The van der Waals surface area contributed by atoms with E-state index in [1.54, 1.807) is 13.1 Å². The third-order valence-electron chi connectivity index (χ3n) is 6.41. The lowest BCUT2D eigenvalue weighted by molar-refractivity contribution is -0.132. The summed E-state index contributed by atoms with van der Waals surface area (Å²) in [6, 6.07) is 1.74. The first-order valence-electron chi connectivity index (χ1n) is 14.6. The molecule has 43 heavy (non-hydrogen) atoms. The number of rotatable bonds is 16. The van der Waals surface area contributed by atoms with Crippen molar-refractivity contribution in [3.05, 3.63) is 70.0 Å². The molecule has 1 aromatic rings. The van der Waals surface area contributed by atoms with Gasteiger partial charge in [0.15, 0.2) is 18.0 Å². The van der Waals surface area contributed by atoms with Crippen molar-refractivity contribution in [2.75, 3.05) is 7.05 Å². The van der Waals surface area contributed by atoms with Crippen LogP contribution in [0.25, 0.3) is 0 Å². The van der Waals surface area contributed by atoms with Gasteiger partial charge in [0.25, 0.3) is 5.91 Å². The average molecular weight is 633 g/mol. The van der Waals surface area contributed by atoms with Crippen LogP contribution in [0.4, 0.5) is 0 Å².